The first-order valence-electron chi connectivity index (χ1n) is 5.46. The molecule has 0 aliphatic heterocycles. The molecule has 7 nitrogen and oxygen atoms in total. The third kappa shape index (κ3) is 7.14. The zero-order chi connectivity index (χ0) is 14.8. The Morgan fingerprint density at radius 3 is 1.74 bits per heavy atom. The van der Waals surface area contributed by atoms with Crippen LogP contribution in [-0.2, 0) is 16.0 Å². The predicted octanol–water partition coefficient (Wildman–Crippen LogP) is -0.935. The molecular weight excluding hydrogens is 254 g/mol. The van der Waals surface area contributed by atoms with E-state index in [4.69, 9.17) is 26.2 Å². The maximum atomic E-state index is 9.77. The van der Waals surface area contributed by atoms with Crippen molar-refractivity contribution in [2.75, 3.05) is 6.54 Å². The van der Waals surface area contributed by atoms with Gasteiger partial charge in [0.1, 0.15) is 0 Å². The first kappa shape index (κ1) is 17.0. The van der Waals surface area contributed by atoms with Gasteiger partial charge in [-0.2, -0.15) is 0 Å². The van der Waals surface area contributed by atoms with Gasteiger partial charge >= 0.3 is 11.9 Å². The molecule has 0 heterocycles. The molecule has 0 aliphatic carbocycles. The summed E-state index contributed by atoms with van der Waals surface area (Å²) in [7, 11) is 0. The lowest BCUT2D eigenvalue weighted by molar-refractivity contribution is -0.165. The monoisotopic (exact) mass is 271 g/mol. The van der Waals surface area contributed by atoms with Crippen molar-refractivity contribution < 1.29 is 30.0 Å². The van der Waals surface area contributed by atoms with Gasteiger partial charge in [0, 0.05) is 0 Å². The molecule has 0 saturated carbocycles. The fourth-order valence-corrected chi connectivity index (χ4v) is 1.08. The number of nitrogens with two attached hydrogens (primary N) is 1. The summed E-state index contributed by atoms with van der Waals surface area (Å²) < 4.78 is 0. The van der Waals surface area contributed by atoms with Crippen LogP contribution in [0, 0.1) is 0 Å². The summed E-state index contributed by atoms with van der Waals surface area (Å²) in [4.78, 5) is 19.5. The summed E-state index contributed by atoms with van der Waals surface area (Å²) in [5.41, 5.74) is 6.68. The number of hydrogen-bond acceptors (Lipinski definition) is 5. The van der Waals surface area contributed by atoms with Gasteiger partial charge in [0.15, 0.2) is 12.2 Å². The number of aliphatic hydroxyl groups is 2. The van der Waals surface area contributed by atoms with Crippen LogP contribution in [-0.4, -0.2) is 51.1 Å². The van der Waals surface area contributed by atoms with Gasteiger partial charge in [-0.25, -0.2) is 9.59 Å². The number of carbonyl (C=O) groups is 2. The lowest BCUT2D eigenvalue weighted by Gasteiger charge is -2.07. The Kier molecular flexibility index (Phi) is 8.10. The lowest BCUT2D eigenvalue weighted by Crippen LogP contribution is -2.39. The quantitative estimate of drug-likeness (QED) is 0.465. The normalized spacial score (nSPS) is 12.8. The highest BCUT2D eigenvalue weighted by Gasteiger charge is 2.29. The van der Waals surface area contributed by atoms with Crippen LogP contribution in [0.15, 0.2) is 30.3 Å². The minimum atomic E-state index is -2.27. The van der Waals surface area contributed by atoms with Crippen molar-refractivity contribution in [1.29, 1.82) is 0 Å². The van der Waals surface area contributed by atoms with Crippen LogP contribution in [0.5, 0.6) is 0 Å². The van der Waals surface area contributed by atoms with Crippen molar-refractivity contribution in [2.45, 2.75) is 18.6 Å². The van der Waals surface area contributed by atoms with Crippen molar-refractivity contribution in [2.24, 2.45) is 5.73 Å². The van der Waals surface area contributed by atoms with E-state index in [0.29, 0.717) is 0 Å². The number of carboxylic acid groups (broad SMARTS) is 2. The van der Waals surface area contributed by atoms with E-state index >= 15 is 0 Å². The van der Waals surface area contributed by atoms with E-state index in [9.17, 15) is 9.59 Å². The molecule has 0 bridgehead atoms. The van der Waals surface area contributed by atoms with Gasteiger partial charge in [-0.15, -0.1) is 0 Å². The fourth-order valence-electron chi connectivity index (χ4n) is 1.08. The average Bonchev–Trinajstić information content (AvgIpc) is 2.39. The largest absolute Gasteiger partial charge is 0.479 e. The molecule has 106 valence electrons. The van der Waals surface area contributed by atoms with Crippen LogP contribution < -0.4 is 5.73 Å². The van der Waals surface area contributed by atoms with Gasteiger partial charge in [-0.3, -0.25) is 0 Å². The van der Waals surface area contributed by atoms with Gasteiger partial charge in [0.05, 0.1) is 0 Å². The number of hydrogen-bond donors (Lipinski definition) is 5. The molecule has 1 aromatic rings. The van der Waals surface area contributed by atoms with Crippen LogP contribution in [0.25, 0.3) is 0 Å². The summed E-state index contributed by atoms with van der Waals surface area (Å²) in [6, 6.07) is 10.3. The molecule has 0 spiro atoms. The van der Waals surface area contributed by atoms with Crippen molar-refractivity contribution in [3.63, 3.8) is 0 Å². The number of aliphatic hydroxyl groups excluding tert-OH is 2. The van der Waals surface area contributed by atoms with Gasteiger partial charge in [0.25, 0.3) is 0 Å². The molecule has 6 N–H and O–H groups in total. The Hall–Kier alpha value is -1.96. The van der Waals surface area contributed by atoms with E-state index in [1.807, 2.05) is 18.2 Å². The molecule has 0 aliphatic rings. The lowest BCUT2D eigenvalue weighted by atomic mass is 10.2. The summed E-state index contributed by atoms with van der Waals surface area (Å²) >= 11 is 0. The van der Waals surface area contributed by atoms with Crippen molar-refractivity contribution in [3.05, 3.63) is 35.9 Å². The first-order valence-corrected chi connectivity index (χ1v) is 5.46. The molecule has 2 atom stereocenters. The zero-order valence-corrected chi connectivity index (χ0v) is 10.1. The Balaban J connectivity index is 0.000000342. The van der Waals surface area contributed by atoms with Crippen LogP contribution in [0.3, 0.4) is 0 Å². The maximum Gasteiger partial charge on any atom is 0.335 e. The average molecular weight is 271 g/mol. The number of benzene rings is 1. The third-order valence-corrected chi connectivity index (χ3v) is 2.08. The molecule has 0 radical (unpaired) electrons. The van der Waals surface area contributed by atoms with Crippen LogP contribution >= 0.6 is 0 Å². The molecule has 1 rings (SSSR count). The molecule has 0 aromatic heterocycles. The second kappa shape index (κ2) is 9.03. The predicted molar refractivity (Wildman–Crippen MR) is 66.5 cm³/mol. The molecule has 2 unspecified atom stereocenters. The van der Waals surface area contributed by atoms with E-state index in [1.54, 1.807) is 0 Å². The smallest absolute Gasteiger partial charge is 0.335 e. The topological polar surface area (TPSA) is 141 Å². The molecule has 7 heteroatoms. The molecule has 19 heavy (non-hydrogen) atoms. The number of rotatable bonds is 5. The molecule has 0 amide bonds. The third-order valence-electron chi connectivity index (χ3n) is 2.08. The maximum absolute atomic E-state index is 9.77. The number of aliphatic carboxylic acids is 2. The van der Waals surface area contributed by atoms with E-state index < -0.39 is 24.1 Å². The van der Waals surface area contributed by atoms with E-state index in [1.165, 1.54) is 5.56 Å². The molecular formula is C12H17NO6. The second-order valence-corrected chi connectivity index (χ2v) is 3.59. The van der Waals surface area contributed by atoms with Gasteiger partial charge in [0.2, 0.25) is 0 Å². The van der Waals surface area contributed by atoms with Gasteiger partial charge < -0.3 is 26.2 Å². The highest BCUT2D eigenvalue weighted by molar-refractivity contribution is 5.83. The molecule has 0 fully saturated rings. The van der Waals surface area contributed by atoms with Crippen LogP contribution in [0.4, 0.5) is 0 Å². The SMILES string of the molecule is NCCc1ccccc1.O=C(O)C(O)C(O)C(=O)O. The van der Waals surface area contributed by atoms with Crippen molar-refractivity contribution >= 4 is 11.9 Å². The second-order valence-electron chi connectivity index (χ2n) is 3.59. The summed E-state index contributed by atoms with van der Waals surface area (Å²) in [6.45, 7) is 0.740. The van der Waals surface area contributed by atoms with Crippen LogP contribution in [0.1, 0.15) is 5.56 Å². The first-order chi connectivity index (χ1) is 8.90. The Morgan fingerprint density at radius 1 is 1.00 bits per heavy atom. The summed E-state index contributed by atoms with van der Waals surface area (Å²) in [5.74, 6) is -3.54. The fraction of sp³-hybridized carbons (Fsp3) is 0.333. The Bertz CT molecular complexity index is 376. The van der Waals surface area contributed by atoms with Crippen molar-refractivity contribution in [1.82, 2.24) is 0 Å². The minimum absolute atomic E-state index is 0.740. The molecule has 1 aromatic carbocycles. The highest BCUT2D eigenvalue weighted by atomic mass is 16.4. The zero-order valence-electron chi connectivity index (χ0n) is 10.1. The minimum Gasteiger partial charge on any atom is -0.479 e. The summed E-state index contributed by atoms with van der Waals surface area (Å²) in [6.07, 6.45) is -3.55. The summed E-state index contributed by atoms with van der Waals surface area (Å²) in [5, 5.41) is 32.5. The van der Waals surface area contributed by atoms with E-state index in [2.05, 4.69) is 12.1 Å². The van der Waals surface area contributed by atoms with E-state index in [-0.39, 0.29) is 0 Å². The van der Waals surface area contributed by atoms with Gasteiger partial charge in [-0.1, -0.05) is 30.3 Å². The standard InChI is InChI=1S/C8H11N.C4H6O6/c9-7-6-8-4-2-1-3-5-8;5-1(3(7)8)2(6)4(9)10/h1-5H,6-7,9H2;1-2,5-6H,(H,7,8)(H,9,10). The Morgan fingerprint density at radius 2 is 1.42 bits per heavy atom. The van der Waals surface area contributed by atoms with Crippen LogP contribution in [0.2, 0.25) is 0 Å². The van der Waals surface area contributed by atoms with Gasteiger partial charge in [-0.05, 0) is 18.5 Å². The highest BCUT2D eigenvalue weighted by Crippen LogP contribution is 1.96. The Labute approximate surface area is 109 Å². The van der Waals surface area contributed by atoms with Crippen molar-refractivity contribution in [3.8, 4) is 0 Å². The van der Waals surface area contributed by atoms with E-state index in [0.717, 1.165) is 13.0 Å². The molecule has 0 saturated heterocycles. The number of carboxylic acids is 2.